The van der Waals surface area contributed by atoms with Gasteiger partial charge in [-0.25, -0.2) is 9.59 Å². The van der Waals surface area contributed by atoms with Crippen LogP contribution >= 0.6 is 0 Å². The van der Waals surface area contributed by atoms with Crippen molar-refractivity contribution in [3.8, 4) is 35.1 Å². The third-order valence-electron chi connectivity index (χ3n) is 3.06. The summed E-state index contributed by atoms with van der Waals surface area (Å²) in [6, 6.07) is 8.04. The van der Waals surface area contributed by atoms with Crippen LogP contribution in [0.4, 0.5) is 0 Å². The predicted molar refractivity (Wildman–Crippen MR) is 78.3 cm³/mol. The van der Waals surface area contributed by atoms with Crippen molar-refractivity contribution in [3.05, 3.63) is 47.5 Å². The highest BCUT2D eigenvalue weighted by Crippen LogP contribution is 2.30. The first-order valence-corrected chi connectivity index (χ1v) is 6.35. The number of aromatic carboxylic acids is 2. The van der Waals surface area contributed by atoms with Crippen LogP contribution in [-0.2, 0) is 0 Å². The van der Waals surface area contributed by atoms with Crippen molar-refractivity contribution in [3.63, 3.8) is 0 Å². The summed E-state index contributed by atoms with van der Waals surface area (Å²) < 4.78 is 9.15. The molecule has 0 spiro atoms. The lowest BCUT2D eigenvalue weighted by molar-refractivity contribution is 0.0683. The Labute approximate surface area is 135 Å². The van der Waals surface area contributed by atoms with E-state index >= 15 is 0 Å². The lowest BCUT2D eigenvalue weighted by Crippen LogP contribution is -2.02. The number of hydrogen-bond donors (Lipinski definition) is 2. The molecule has 0 heterocycles. The molecule has 0 amide bonds. The lowest BCUT2D eigenvalue weighted by Gasteiger charge is -2.09. The van der Waals surface area contributed by atoms with Gasteiger partial charge in [0.05, 0.1) is 0 Å². The molecule has 2 aromatic rings. The van der Waals surface area contributed by atoms with Crippen molar-refractivity contribution < 1.29 is 29.3 Å². The first-order valence-electron chi connectivity index (χ1n) is 6.35. The molecule has 0 unspecified atom stereocenters. The van der Waals surface area contributed by atoms with E-state index in [2.05, 4.69) is 9.47 Å². The molecule has 2 rings (SSSR count). The van der Waals surface area contributed by atoms with Gasteiger partial charge in [0.25, 0.3) is 12.5 Å². The van der Waals surface area contributed by atoms with E-state index in [0.29, 0.717) is 11.1 Å². The fourth-order valence-corrected chi connectivity index (χ4v) is 2.03. The monoisotopic (exact) mass is 324 g/mol. The van der Waals surface area contributed by atoms with Gasteiger partial charge in [-0.05, 0) is 35.4 Å². The fraction of sp³-hybridized carbons (Fsp3) is 0. The van der Waals surface area contributed by atoms with Crippen molar-refractivity contribution >= 4 is 11.9 Å². The molecule has 0 fully saturated rings. The number of carboxylic acid groups (broad SMARTS) is 2. The van der Waals surface area contributed by atoms with E-state index in [1.807, 2.05) is 0 Å². The molecule has 2 N–H and O–H groups in total. The van der Waals surface area contributed by atoms with Gasteiger partial charge < -0.3 is 19.7 Å². The van der Waals surface area contributed by atoms with Crippen LogP contribution in [0.3, 0.4) is 0 Å². The van der Waals surface area contributed by atoms with Gasteiger partial charge in [-0.2, -0.15) is 0 Å². The van der Waals surface area contributed by atoms with Gasteiger partial charge in [-0.15, -0.1) is 10.5 Å². The second kappa shape index (κ2) is 6.81. The summed E-state index contributed by atoms with van der Waals surface area (Å²) in [6.07, 6.45) is 2.79. The average Bonchev–Trinajstić information content (AvgIpc) is 2.55. The Morgan fingerprint density at radius 1 is 0.792 bits per heavy atom. The molecule has 0 aliphatic carbocycles. The molecule has 0 radical (unpaired) electrons. The van der Waals surface area contributed by atoms with E-state index in [9.17, 15) is 19.8 Å². The molecule has 8 heteroatoms. The lowest BCUT2D eigenvalue weighted by atomic mass is 10.00. The third kappa shape index (κ3) is 3.24. The summed E-state index contributed by atoms with van der Waals surface area (Å²) >= 11 is 0. The summed E-state index contributed by atoms with van der Waals surface area (Å²) in [5.41, 5.74) is 0.291. The van der Waals surface area contributed by atoms with E-state index in [-0.39, 0.29) is 22.6 Å². The zero-order valence-electron chi connectivity index (χ0n) is 11.9. The summed E-state index contributed by atoms with van der Waals surface area (Å²) in [4.78, 5) is 22.5. The van der Waals surface area contributed by atoms with E-state index in [1.54, 1.807) is 0 Å². The Bertz CT molecular complexity index is 832. The zero-order valence-corrected chi connectivity index (χ0v) is 11.9. The molecule has 0 atom stereocenters. The molecule has 0 aliphatic heterocycles. The largest absolute Gasteiger partial charge is 0.478 e. The van der Waals surface area contributed by atoms with Gasteiger partial charge >= 0.3 is 11.9 Å². The smallest absolute Gasteiger partial charge is 0.339 e. The number of hydrogen-bond acceptors (Lipinski definition) is 6. The normalized spacial score (nSPS) is 9.42. The predicted octanol–water partition coefficient (Wildman–Crippen LogP) is 2.47. The van der Waals surface area contributed by atoms with Crippen LogP contribution in [0.15, 0.2) is 36.4 Å². The Kier molecular flexibility index (Phi) is 4.64. The number of nitriles is 2. The molecular weight excluding hydrogens is 316 g/mol. The van der Waals surface area contributed by atoms with E-state index in [4.69, 9.17) is 10.5 Å². The number of carboxylic acids is 2. The maximum Gasteiger partial charge on any atom is 0.339 e. The molecule has 0 bridgehead atoms. The van der Waals surface area contributed by atoms with Gasteiger partial charge in [0.15, 0.2) is 11.5 Å². The first kappa shape index (κ1) is 16.3. The fourth-order valence-electron chi connectivity index (χ4n) is 2.03. The molecule has 24 heavy (non-hydrogen) atoms. The minimum atomic E-state index is -1.30. The average molecular weight is 324 g/mol. The van der Waals surface area contributed by atoms with Gasteiger partial charge in [-0.3, -0.25) is 0 Å². The van der Waals surface area contributed by atoms with E-state index in [1.165, 1.54) is 48.9 Å². The molecule has 2 aromatic carbocycles. The number of nitrogens with zero attached hydrogens (tertiary/aromatic N) is 2. The van der Waals surface area contributed by atoms with Crippen LogP contribution < -0.4 is 9.47 Å². The quantitative estimate of drug-likeness (QED) is 0.799. The molecule has 0 aliphatic rings. The second-order valence-electron chi connectivity index (χ2n) is 4.42. The minimum Gasteiger partial charge on any atom is -0.478 e. The second-order valence-corrected chi connectivity index (χ2v) is 4.42. The SMILES string of the molecule is N#COc1ccc(-c2ccc(OC#N)c(C(=O)O)c2)cc1C(=O)O. The molecular formula is C16H8N2O6. The van der Waals surface area contributed by atoms with Crippen molar-refractivity contribution in [2.24, 2.45) is 0 Å². The highest BCUT2D eigenvalue weighted by molar-refractivity contribution is 5.95. The summed E-state index contributed by atoms with van der Waals surface area (Å²) in [7, 11) is 0. The van der Waals surface area contributed by atoms with Crippen LogP contribution in [0.5, 0.6) is 11.5 Å². The van der Waals surface area contributed by atoms with Crippen molar-refractivity contribution in [2.45, 2.75) is 0 Å². The maximum atomic E-state index is 11.3. The number of ether oxygens (including phenoxy) is 2. The first-order chi connectivity index (χ1) is 11.5. The van der Waals surface area contributed by atoms with Gasteiger partial charge in [0.1, 0.15) is 11.1 Å². The van der Waals surface area contributed by atoms with Gasteiger partial charge in [0.2, 0.25) is 0 Å². The van der Waals surface area contributed by atoms with E-state index in [0.717, 1.165) is 0 Å². The van der Waals surface area contributed by atoms with Crippen LogP contribution in [0.1, 0.15) is 20.7 Å². The molecule has 0 saturated carbocycles. The Morgan fingerprint density at radius 3 is 1.46 bits per heavy atom. The summed E-state index contributed by atoms with van der Waals surface area (Å²) in [5.74, 6) is -2.86. The Morgan fingerprint density at radius 2 is 1.17 bits per heavy atom. The Balaban J connectivity index is 2.56. The Hall–Kier alpha value is -4.04. The molecule has 118 valence electrons. The van der Waals surface area contributed by atoms with Crippen LogP contribution in [0.2, 0.25) is 0 Å². The highest BCUT2D eigenvalue weighted by Gasteiger charge is 2.16. The van der Waals surface area contributed by atoms with Gasteiger partial charge in [-0.1, -0.05) is 12.1 Å². The van der Waals surface area contributed by atoms with Crippen LogP contribution in [-0.4, -0.2) is 22.2 Å². The number of benzene rings is 2. The van der Waals surface area contributed by atoms with Crippen molar-refractivity contribution in [1.82, 2.24) is 0 Å². The maximum absolute atomic E-state index is 11.3. The van der Waals surface area contributed by atoms with Crippen molar-refractivity contribution in [2.75, 3.05) is 0 Å². The number of carbonyl (C=O) groups is 2. The zero-order chi connectivity index (χ0) is 17.7. The van der Waals surface area contributed by atoms with Crippen LogP contribution in [0, 0.1) is 23.0 Å². The van der Waals surface area contributed by atoms with Gasteiger partial charge in [0, 0.05) is 0 Å². The summed E-state index contributed by atoms with van der Waals surface area (Å²) in [6.45, 7) is 0. The molecule has 8 nitrogen and oxygen atoms in total. The minimum absolute atomic E-state index is 0.128. The summed E-state index contributed by atoms with van der Waals surface area (Å²) in [5, 5.41) is 35.4. The topological polar surface area (TPSA) is 141 Å². The molecule has 0 aromatic heterocycles. The molecule has 0 saturated heterocycles. The standard InChI is InChI=1S/C16H8N2O6/c17-7-23-13-3-1-9(5-11(13)15(19)20)10-2-4-14(24-8-18)12(6-10)16(21)22/h1-6H,(H,19,20)(H,21,22). The van der Waals surface area contributed by atoms with Crippen molar-refractivity contribution in [1.29, 1.82) is 10.5 Å². The highest BCUT2D eigenvalue weighted by atomic mass is 16.5. The third-order valence-corrected chi connectivity index (χ3v) is 3.06. The van der Waals surface area contributed by atoms with Crippen LogP contribution in [0.25, 0.3) is 11.1 Å². The number of rotatable bonds is 5. The van der Waals surface area contributed by atoms with E-state index < -0.39 is 11.9 Å².